The number of carbonyl (C=O) groups is 1. The van der Waals surface area contributed by atoms with Gasteiger partial charge in [-0.2, -0.15) is 21.6 Å². The maximum Gasteiger partial charge on any atom is 0.516 e. The molecule has 0 spiro atoms. The lowest BCUT2D eigenvalue weighted by Gasteiger charge is -2.36. The summed E-state index contributed by atoms with van der Waals surface area (Å²) in [4.78, 5) is 11.9. The predicted octanol–water partition coefficient (Wildman–Crippen LogP) is 2.22. The van der Waals surface area contributed by atoms with E-state index in [1.54, 1.807) is 6.07 Å². The fourth-order valence-electron chi connectivity index (χ4n) is 2.38. The summed E-state index contributed by atoms with van der Waals surface area (Å²) in [6.07, 6.45) is 0.231. The molecule has 1 aliphatic rings. The van der Waals surface area contributed by atoms with E-state index in [4.69, 9.17) is 4.74 Å². The third-order valence-corrected chi connectivity index (χ3v) is 4.86. The van der Waals surface area contributed by atoms with E-state index in [0.29, 0.717) is 12.0 Å². The van der Waals surface area contributed by atoms with Crippen LogP contribution in [0.2, 0.25) is 0 Å². The topological polar surface area (TPSA) is 63.7 Å². The van der Waals surface area contributed by atoms with Gasteiger partial charge >= 0.3 is 21.5 Å². The second-order valence-electron chi connectivity index (χ2n) is 4.68. The molecule has 9 heteroatoms. The van der Waals surface area contributed by atoms with Crippen LogP contribution in [0.5, 0.6) is 0 Å². The number of anilines is 1. The molecular weight excluding hydrogens is 323 g/mol. The van der Waals surface area contributed by atoms with Gasteiger partial charge in [0.15, 0.2) is 0 Å². The second kappa shape index (κ2) is 5.79. The predicted molar refractivity (Wildman–Crippen MR) is 72.6 cm³/mol. The fourth-order valence-corrected chi connectivity index (χ4v) is 3.56. The first-order valence-corrected chi connectivity index (χ1v) is 7.99. The van der Waals surface area contributed by atoms with E-state index in [1.165, 1.54) is 25.1 Å². The molecule has 1 heterocycles. The van der Waals surface area contributed by atoms with Crippen LogP contribution in [0, 0.1) is 0 Å². The SMILES string of the molecule is CCOC(=O)[C@@H]1CCc2ccccc2N1S(=O)(=O)C(F)(F)F. The van der Waals surface area contributed by atoms with Crippen molar-refractivity contribution in [3.05, 3.63) is 29.8 Å². The first-order chi connectivity index (χ1) is 10.2. The summed E-state index contributed by atoms with van der Waals surface area (Å²) in [6, 6.07) is 4.30. The molecule has 1 aromatic rings. The molecule has 2 rings (SSSR count). The Labute approximate surface area is 125 Å². The smallest absolute Gasteiger partial charge is 0.464 e. The Hall–Kier alpha value is -1.77. The van der Waals surface area contributed by atoms with Crippen LogP contribution in [-0.2, 0) is 26.0 Å². The van der Waals surface area contributed by atoms with Crippen molar-refractivity contribution in [2.45, 2.75) is 31.3 Å². The van der Waals surface area contributed by atoms with Gasteiger partial charge in [-0.25, -0.2) is 9.10 Å². The molecule has 0 bridgehead atoms. The highest BCUT2D eigenvalue weighted by atomic mass is 32.2. The minimum atomic E-state index is -5.69. The maximum absolute atomic E-state index is 13.0. The first kappa shape index (κ1) is 16.6. The van der Waals surface area contributed by atoms with E-state index >= 15 is 0 Å². The van der Waals surface area contributed by atoms with E-state index in [0.717, 1.165) is 0 Å². The van der Waals surface area contributed by atoms with Crippen LogP contribution in [0.1, 0.15) is 18.9 Å². The molecule has 1 aliphatic heterocycles. The Balaban J connectivity index is 2.58. The minimum absolute atomic E-state index is 0.0448. The molecular formula is C13H14F3NO4S. The summed E-state index contributed by atoms with van der Waals surface area (Å²) in [6.45, 7) is 1.45. The number of alkyl halides is 3. The van der Waals surface area contributed by atoms with Crippen LogP contribution >= 0.6 is 0 Å². The highest BCUT2D eigenvalue weighted by Crippen LogP contribution is 2.38. The highest BCUT2D eigenvalue weighted by molar-refractivity contribution is 7.93. The maximum atomic E-state index is 13.0. The number of ether oxygens (including phenoxy) is 1. The van der Waals surface area contributed by atoms with Gasteiger partial charge in [-0.15, -0.1) is 0 Å². The molecule has 1 aromatic carbocycles. The van der Waals surface area contributed by atoms with Gasteiger partial charge in [0.05, 0.1) is 12.3 Å². The lowest BCUT2D eigenvalue weighted by Crippen LogP contribution is -2.52. The highest BCUT2D eigenvalue weighted by Gasteiger charge is 2.54. The molecule has 122 valence electrons. The number of carbonyl (C=O) groups excluding carboxylic acids is 1. The number of esters is 1. The van der Waals surface area contributed by atoms with Crippen molar-refractivity contribution in [2.24, 2.45) is 0 Å². The molecule has 5 nitrogen and oxygen atoms in total. The molecule has 0 radical (unpaired) electrons. The Morgan fingerprint density at radius 1 is 1.36 bits per heavy atom. The molecule has 0 aromatic heterocycles. The van der Waals surface area contributed by atoms with Crippen LogP contribution in [0.25, 0.3) is 0 Å². The number of benzene rings is 1. The fraction of sp³-hybridized carbons (Fsp3) is 0.462. The number of para-hydroxylation sites is 1. The lowest BCUT2D eigenvalue weighted by atomic mass is 9.98. The number of nitrogens with zero attached hydrogens (tertiary/aromatic N) is 1. The van der Waals surface area contributed by atoms with Crippen molar-refractivity contribution < 1.29 is 31.1 Å². The van der Waals surface area contributed by atoms with E-state index < -0.39 is 27.5 Å². The number of sulfonamides is 1. The summed E-state index contributed by atoms with van der Waals surface area (Å²) in [5.41, 5.74) is -5.19. The number of halogens is 3. The molecule has 1 atom stereocenters. The van der Waals surface area contributed by atoms with E-state index in [1.807, 2.05) is 0 Å². The third kappa shape index (κ3) is 2.77. The summed E-state index contributed by atoms with van der Waals surface area (Å²) < 4.78 is 67.5. The van der Waals surface area contributed by atoms with Gasteiger partial charge < -0.3 is 4.74 Å². The standard InChI is InChI=1S/C13H14F3NO4S/c1-2-21-12(18)11-8-7-9-5-3-4-6-10(9)17(11)22(19,20)13(14,15)16/h3-6,11H,2,7-8H2,1H3/t11-/m0/s1. The van der Waals surface area contributed by atoms with Crippen LogP contribution in [-0.4, -0.2) is 32.5 Å². The normalized spacial score (nSPS) is 18.7. The minimum Gasteiger partial charge on any atom is -0.464 e. The summed E-state index contributed by atoms with van der Waals surface area (Å²) in [7, 11) is -5.69. The van der Waals surface area contributed by atoms with Crippen molar-refractivity contribution in [1.82, 2.24) is 0 Å². The van der Waals surface area contributed by atoms with E-state index in [2.05, 4.69) is 0 Å². The Morgan fingerprint density at radius 2 is 2.00 bits per heavy atom. The number of hydrogen-bond acceptors (Lipinski definition) is 4. The lowest BCUT2D eigenvalue weighted by molar-refractivity contribution is -0.144. The van der Waals surface area contributed by atoms with Gasteiger partial charge in [0.1, 0.15) is 6.04 Å². The number of rotatable bonds is 3. The molecule has 0 N–H and O–H groups in total. The van der Waals surface area contributed by atoms with E-state index in [9.17, 15) is 26.4 Å². The van der Waals surface area contributed by atoms with Crippen LogP contribution in [0.4, 0.5) is 18.9 Å². The largest absolute Gasteiger partial charge is 0.516 e. The monoisotopic (exact) mass is 337 g/mol. The molecule has 0 saturated heterocycles. The van der Waals surface area contributed by atoms with Gasteiger partial charge in [0.25, 0.3) is 0 Å². The van der Waals surface area contributed by atoms with Crippen molar-refractivity contribution in [3.63, 3.8) is 0 Å². The average Bonchev–Trinajstić information content (AvgIpc) is 2.45. The van der Waals surface area contributed by atoms with Crippen molar-refractivity contribution in [2.75, 3.05) is 10.9 Å². The second-order valence-corrected chi connectivity index (χ2v) is 6.49. The zero-order valence-corrected chi connectivity index (χ0v) is 12.4. The molecule has 0 saturated carbocycles. The quantitative estimate of drug-likeness (QED) is 0.794. The van der Waals surface area contributed by atoms with Gasteiger partial charge in [-0.1, -0.05) is 18.2 Å². The average molecular weight is 337 g/mol. The van der Waals surface area contributed by atoms with Gasteiger partial charge in [0.2, 0.25) is 0 Å². The van der Waals surface area contributed by atoms with Crippen molar-refractivity contribution >= 4 is 21.7 Å². The summed E-state index contributed by atoms with van der Waals surface area (Å²) >= 11 is 0. The van der Waals surface area contributed by atoms with Gasteiger partial charge in [0, 0.05) is 0 Å². The zero-order chi connectivity index (χ0) is 16.5. The van der Waals surface area contributed by atoms with Crippen LogP contribution in [0.3, 0.4) is 0 Å². The van der Waals surface area contributed by atoms with Gasteiger partial charge in [-0.05, 0) is 31.4 Å². The Morgan fingerprint density at radius 3 is 2.59 bits per heavy atom. The molecule has 0 unspecified atom stereocenters. The molecule has 0 aliphatic carbocycles. The third-order valence-electron chi connectivity index (χ3n) is 3.31. The Kier molecular flexibility index (Phi) is 4.37. The number of hydrogen-bond donors (Lipinski definition) is 0. The number of aryl methyl sites for hydroxylation is 1. The van der Waals surface area contributed by atoms with Crippen LogP contribution < -0.4 is 4.31 Å². The zero-order valence-electron chi connectivity index (χ0n) is 11.6. The van der Waals surface area contributed by atoms with Gasteiger partial charge in [-0.3, -0.25) is 0 Å². The molecule has 22 heavy (non-hydrogen) atoms. The number of fused-ring (bicyclic) bond motifs is 1. The van der Waals surface area contributed by atoms with Crippen molar-refractivity contribution in [1.29, 1.82) is 0 Å². The van der Waals surface area contributed by atoms with Crippen LogP contribution in [0.15, 0.2) is 24.3 Å². The summed E-state index contributed by atoms with van der Waals surface area (Å²) in [5, 5.41) is 0. The van der Waals surface area contributed by atoms with E-state index in [-0.39, 0.29) is 23.0 Å². The first-order valence-electron chi connectivity index (χ1n) is 6.55. The molecule has 0 amide bonds. The Bertz CT molecular complexity index is 672. The van der Waals surface area contributed by atoms with Crippen molar-refractivity contribution in [3.8, 4) is 0 Å². The summed E-state index contributed by atoms with van der Waals surface area (Å²) in [5.74, 6) is -0.982. The molecule has 0 fully saturated rings.